The number of phosphoric acid groups is 3. The molecular weight excluding hydrogens is 607 g/mol. The van der Waals surface area contributed by atoms with Crippen LogP contribution in [0.1, 0.15) is 24.6 Å². The predicted molar refractivity (Wildman–Crippen MR) is 132 cm³/mol. The van der Waals surface area contributed by atoms with Gasteiger partial charge in [0.15, 0.2) is 0 Å². The van der Waals surface area contributed by atoms with E-state index in [0.29, 0.717) is 0 Å². The highest BCUT2D eigenvalue weighted by Crippen LogP contribution is 2.66. The van der Waals surface area contributed by atoms with Gasteiger partial charge in [-0.25, -0.2) is 18.5 Å². The van der Waals surface area contributed by atoms with E-state index in [9.17, 15) is 43.0 Å². The number of aliphatic hydroxyl groups is 1. The van der Waals surface area contributed by atoms with E-state index in [2.05, 4.69) is 29.4 Å². The summed E-state index contributed by atoms with van der Waals surface area (Å²) in [4.78, 5) is 74.0. The highest BCUT2D eigenvalue weighted by atomic mass is 31.3. The van der Waals surface area contributed by atoms with Crippen LogP contribution in [0, 0.1) is 12.3 Å². The molecule has 224 valence electrons. The Morgan fingerprint density at radius 3 is 2.58 bits per heavy atom. The SMILES string of the molecule is C#CCOCCC(=O)NCC=Cc1cn(C2CC(O)C(COP(=O)(O)OP(=O)(O)OP(=O)(O)O)O2)c(=O)[nH]c1=O. The lowest BCUT2D eigenvalue weighted by Crippen LogP contribution is -2.33. The number of rotatable bonds is 15. The standard InChI is InChI=1S/C18H26N3O16P3/c1-2-7-33-8-5-15(23)19-6-3-4-12-10-21(18(25)20-17(12)24)16-9-13(22)14(35-16)11-34-39(29,30)37-40(31,32)36-38(26,27)28/h1,3-4,10,13-14,16,22H,5-9,11H2,(H,19,23)(H,29,30)(H,31,32)(H,20,24,25)(H2,26,27,28). The number of aromatic nitrogens is 2. The minimum Gasteiger partial charge on any atom is -0.390 e. The van der Waals surface area contributed by atoms with Gasteiger partial charge >= 0.3 is 29.2 Å². The number of phosphoric ester groups is 1. The molecule has 1 aliphatic heterocycles. The molecule has 19 nitrogen and oxygen atoms in total. The lowest BCUT2D eigenvalue weighted by Gasteiger charge is -2.19. The molecule has 0 aliphatic carbocycles. The molecule has 5 unspecified atom stereocenters. The second-order valence-corrected chi connectivity index (χ2v) is 12.2. The van der Waals surface area contributed by atoms with Crippen molar-refractivity contribution >= 4 is 35.5 Å². The second kappa shape index (κ2) is 14.6. The number of amides is 1. The van der Waals surface area contributed by atoms with E-state index in [1.807, 2.05) is 0 Å². The second-order valence-electron chi connectivity index (χ2n) is 7.78. The zero-order valence-electron chi connectivity index (χ0n) is 20.3. The van der Waals surface area contributed by atoms with Crippen LogP contribution < -0.4 is 16.6 Å². The highest BCUT2D eigenvalue weighted by molar-refractivity contribution is 7.66. The van der Waals surface area contributed by atoms with Crippen molar-refractivity contribution in [3.05, 3.63) is 38.7 Å². The molecule has 0 saturated carbocycles. The van der Waals surface area contributed by atoms with Crippen molar-refractivity contribution in [1.29, 1.82) is 0 Å². The van der Waals surface area contributed by atoms with Crippen molar-refractivity contribution < 1.29 is 65.8 Å². The van der Waals surface area contributed by atoms with Crippen LogP contribution in [-0.4, -0.2) is 78.7 Å². The number of aliphatic hydroxyl groups excluding tert-OH is 1. The Labute approximate surface area is 225 Å². The fourth-order valence-electron chi connectivity index (χ4n) is 3.08. The average molecular weight is 633 g/mol. The quantitative estimate of drug-likeness (QED) is 0.0671. The van der Waals surface area contributed by atoms with Crippen LogP contribution in [0.5, 0.6) is 0 Å². The van der Waals surface area contributed by atoms with Gasteiger partial charge in [0.2, 0.25) is 5.91 Å². The van der Waals surface area contributed by atoms with Crippen molar-refractivity contribution in [1.82, 2.24) is 14.9 Å². The van der Waals surface area contributed by atoms with Crippen LogP contribution >= 0.6 is 23.5 Å². The maximum absolute atomic E-state index is 12.3. The Bertz CT molecular complexity index is 1380. The number of ether oxygens (including phenoxy) is 2. The van der Waals surface area contributed by atoms with Crippen molar-refractivity contribution in [2.24, 2.45) is 0 Å². The molecule has 40 heavy (non-hydrogen) atoms. The zero-order valence-corrected chi connectivity index (χ0v) is 23.0. The molecule has 1 aromatic rings. The topological polar surface area (TPSA) is 282 Å². The first-order valence-electron chi connectivity index (χ1n) is 10.9. The number of nitrogens with zero attached hydrogens (tertiary/aromatic N) is 1. The minimum atomic E-state index is -5.74. The number of carbonyl (C=O) groups is 1. The van der Waals surface area contributed by atoms with Gasteiger partial charge in [0.05, 0.1) is 31.3 Å². The minimum absolute atomic E-state index is 0.0268. The van der Waals surface area contributed by atoms with E-state index in [0.717, 1.165) is 10.8 Å². The zero-order chi connectivity index (χ0) is 30.1. The van der Waals surface area contributed by atoms with E-state index in [1.165, 1.54) is 12.2 Å². The molecule has 0 spiro atoms. The summed E-state index contributed by atoms with van der Waals surface area (Å²) in [7, 11) is -16.8. The van der Waals surface area contributed by atoms with Gasteiger partial charge in [0.1, 0.15) is 18.9 Å². The molecule has 1 fully saturated rings. The fraction of sp³-hybridized carbons (Fsp3) is 0.500. The van der Waals surface area contributed by atoms with Crippen LogP contribution in [0.15, 0.2) is 21.9 Å². The molecule has 0 aromatic carbocycles. The Balaban J connectivity index is 1.99. The molecule has 0 radical (unpaired) electrons. The molecule has 1 amide bonds. The largest absolute Gasteiger partial charge is 0.490 e. The number of terminal acetylenes is 1. The number of nitrogens with one attached hydrogen (secondary N) is 2. The van der Waals surface area contributed by atoms with Crippen LogP contribution in [-0.2, 0) is 41.1 Å². The van der Waals surface area contributed by atoms with E-state index in [4.69, 9.17) is 25.7 Å². The van der Waals surface area contributed by atoms with Crippen LogP contribution in [0.3, 0.4) is 0 Å². The Morgan fingerprint density at radius 2 is 1.93 bits per heavy atom. The first-order chi connectivity index (χ1) is 18.5. The first kappa shape index (κ1) is 33.9. The van der Waals surface area contributed by atoms with Crippen LogP contribution in [0.4, 0.5) is 0 Å². The van der Waals surface area contributed by atoms with Gasteiger partial charge in [-0.1, -0.05) is 18.1 Å². The van der Waals surface area contributed by atoms with Gasteiger partial charge in [-0.2, -0.15) is 8.62 Å². The van der Waals surface area contributed by atoms with E-state index < -0.39 is 59.8 Å². The summed E-state index contributed by atoms with van der Waals surface area (Å²) in [5.74, 6) is 1.92. The van der Waals surface area contributed by atoms with Gasteiger partial charge < -0.3 is 39.5 Å². The summed E-state index contributed by atoms with van der Waals surface area (Å²) in [5.41, 5.74) is -1.72. The van der Waals surface area contributed by atoms with Crippen molar-refractivity contribution in [3.63, 3.8) is 0 Å². The first-order valence-corrected chi connectivity index (χ1v) is 15.5. The van der Waals surface area contributed by atoms with Gasteiger partial charge in [0.25, 0.3) is 5.56 Å². The molecule has 7 N–H and O–H groups in total. The summed E-state index contributed by atoms with van der Waals surface area (Å²) < 4.78 is 56.9. The van der Waals surface area contributed by atoms with Crippen molar-refractivity contribution in [2.75, 3.05) is 26.4 Å². The monoisotopic (exact) mass is 633 g/mol. The number of aromatic amines is 1. The third kappa shape index (κ3) is 11.7. The van der Waals surface area contributed by atoms with Crippen LogP contribution in [0.2, 0.25) is 0 Å². The Hall–Kier alpha value is -2.26. The van der Waals surface area contributed by atoms with E-state index in [1.54, 1.807) is 0 Å². The number of hydrogen-bond donors (Lipinski definition) is 7. The maximum atomic E-state index is 12.3. The summed E-state index contributed by atoms with van der Waals surface area (Å²) >= 11 is 0. The van der Waals surface area contributed by atoms with Gasteiger partial charge in [-0.3, -0.25) is 23.7 Å². The van der Waals surface area contributed by atoms with Crippen LogP contribution in [0.25, 0.3) is 6.08 Å². The Kier molecular flexibility index (Phi) is 12.4. The highest BCUT2D eigenvalue weighted by Gasteiger charge is 2.43. The van der Waals surface area contributed by atoms with Gasteiger partial charge in [-0.15, -0.1) is 6.42 Å². The Morgan fingerprint density at radius 1 is 1.23 bits per heavy atom. The van der Waals surface area contributed by atoms with Gasteiger partial charge in [-0.05, 0) is 0 Å². The summed E-state index contributed by atoms with van der Waals surface area (Å²) in [6.07, 6.45) is 4.65. The lowest BCUT2D eigenvalue weighted by atomic mass is 10.2. The molecule has 2 heterocycles. The third-order valence-electron chi connectivity index (χ3n) is 4.70. The summed E-state index contributed by atoms with van der Waals surface area (Å²) in [5, 5.41) is 12.8. The molecule has 22 heteroatoms. The normalized spacial score (nSPS) is 22.4. The molecule has 1 aromatic heterocycles. The van der Waals surface area contributed by atoms with E-state index >= 15 is 0 Å². The average Bonchev–Trinajstić information content (AvgIpc) is 3.17. The van der Waals surface area contributed by atoms with Gasteiger partial charge in [0, 0.05) is 19.2 Å². The summed E-state index contributed by atoms with van der Waals surface area (Å²) in [6.45, 7) is -0.713. The third-order valence-corrected chi connectivity index (χ3v) is 8.50. The maximum Gasteiger partial charge on any atom is 0.490 e. The molecular formula is C18H26N3O16P3. The summed E-state index contributed by atoms with van der Waals surface area (Å²) in [6, 6.07) is 0. The smallest absolute Gasteiger partial charge is 0.390 e. The molecule has 5 atom stereocenters. The predicted octanol–water partition coefficient (Wildman–Crippen LogP) is -1.30. The molecule has 1 aliphatic rings. The molecule has 0 bridgehead atoms. The fourth-order valence-corrected chi connectivity index (χ4v) is 6.11. The number of carbonyl (C=O) groups excluding carboxylic acids is 1. The molecule has 1 saturated heterocycles. The van der Waals surface area contributed by atoms with E-state index in [-0.39, 0.29) is 44.1 Å². The number of H-pyrrole nitrogens is 1. The van der Waals surface area contributed by atoms with Crippen molar-refractivity contribution in [3.8, 4) is 12.3 Å². The lowest BCUT2D eigenvalue weighted by molar-refractivity contribution is -0.121. The van der Waals surface area contributed by atoms with Crippen molar-refractivity contribution in [2.45, 2.75) is 31.3 Å². The number of hydrogen-bond acceptors (Lipinski definition) is 12. The molecule has 2 rings (SSSR count).